The summed E-state index contributed by atoms with van der Waals surface area (Å²) in [7, 11) is -4.37. The number of halogens is 2. The van der Waals surface area contributed by atoms with Crippen LogP contribution in [0.4, 0.5) is 20.5 Å². The number of hydrogen-bond acceptors (Lipinski definition) is 12. The van der Waals surface area contributed by atoms with Crippen molar-refractivity contribution in [3.05, 3.63) is 36.7 Å². The molecule has 17 heteroatoms. The number of aliphatic hydroxyl groups is 1. The first kappa shape index (κ1) is 30.0. The van der Waals surface area contributed by atoms with E-state index in [0.29, 0.717) is 5.82 Å². The van der Waals surface area contributed by atoms with Gasteiger partial charge in [0.25, 0.3) is 0 Å². The molecule has 2 aromatic heterocycles. The highest BCUT2D eigenvalue weighted by Crippen LogP contribution is 2.48. The Bertz CT molecular complexity index is 1460. The summed E-state index contributed by atoms with van der Waals surface area (Å²) < 4.78 is 67.0. The number of aromatic nitrogens is 4. The number of carbonyl (C=O) groups is 1. The molecule has 5 N–H and O–H groups in total. The number of fused-ring (bicyclic) bond motifs is 1. The third-order valence-corrected chi connectivity index (χ3v) is 8.39. The summed E-state index contributed by atoms with van der Waals surface area (Å²) in [5.74, 6) is -0.380. The molecule has 2 fully saturated rings. The topological polar surface area (TPSA) is 185 Å². The molecule has 0 bridgehead atoms. The SMILES string of the molecule is CCOC(=O)[C@@H](C)NP(=O)(OCC1O[C@@H](n2cnc3c(NC4CC4)nc(N)nc32)[C@@](F)(CF)[C@@H]1O)Oc1ccccc1. The predicted octanol–water partition coefficient (Wildman–Crippen LogP) is 2.66. The molecule has 3 aromatic rings. The number of ether oxygens (including phenoxy) is 2. The van der Waals surface area contributed by atoms with Gasteiger partial charge in [-0.05, 0) is 38.8 Å². The minimum Gasteiger partial charge on any atom is -0.465 e. The van der Waals surface area contributed by atoms with Gasteiger partial charge in [0.15, 0.2) is 23.2 Å². The Labute approximate surface area is 239 Å². The Hall–Kier alpha value is -3.43. The number of nitrogen functional groups attached to an aromatic ring is 1. The van der Waals surface area contributed by atoms with Crippen LogP contribution in [0.3, 0.4) is 0 Å². The maximum absolute atomic E-state index is 16.1. The van der Waals surface area contributed by atoms with Crippen LogP contribution in [0.15, 0.2) is 36.7 Å². The molecular weight excluding hydrogens is 579 g/mol. The van der Waals surface area contributed by atoms with Gasteiger partial charge < -0.3 is 30.2 Å². The standard InChI is InChI=1S/C25H32F2N7O7P/c1-3-38-22(36)14(2)33-42(37,41-16-7-5-4-6-8-16)39-11-17-19(35)25(27,12-26)23(40-17)34-13-29-18-20(30-15-9-10-15)31-24(28)32-21(18)34/h4-8,13-15,17,19,23,35H,3,9-12H2,1-2H3,(H,33,37)(H3,28,30,31,32)/t14-,17?,19-,23-,25-,42?/m1/s1. The number of benzene rings is 1. The van der Waals surface area contributed by atoms with Gasteiger partial charge in [0, 0.05) is 6.04 Å². The molecule has 3 heterocycles. The molecule has 2 unspecified atom stereocenters. The van der Waals surface area contributed by atoms with Crippen molar-refractivity contribution in [3.63, 3.8) is 0 Å². The molecule has 5 rings (SSSR count). The predicted molar refractivity (Wildman–Crippen MR) is 146 cm³/mol. The van der Waals surface area contributed by atoms with Crippen molar-refractivity contribution in [2.75, 3.05) is 30.9 Å². The molecular formula is C25H32F2N7O7P. The number of imidazole rings is 1. The summed E-state index contributed by atoms with van der Waals surface area (Å²) in [5.41, 5.74) is 3.22. The number of anilines is 2. The number of rotatable bonds is 13. The van der Waals surface area contributed by atoms with Crippen molar-refractivity contribution in [2.45, 2.75) is 62.9 Å². The van der Waals surface area contributed by atoms with Crippen molar-refractivity contribution in [3.8, 4) is 5.75 Å². The zero-order valence-electron chi connectivity index (χ0n) is 22.9. The fraction of sp³-hybridized carbons (Fsp3) is 0.520. The first-order valence-electron chi connectivity index (χ1n) is 13.4. The maximum Gasteiger partial charge on any atom is 0.459 e. The van der Waals surface area contributed by atoms with E-state index in [4.69, 9.17) is 24.3 Å². The summed E-state index contributed by atoms with van der Waals surface area (Å²) in [4.78, 5) is 24.8. The molecule has 6 atom stereocenters. The summed E-state index contributed by atoms with van der Waals surface area (Å²) in [6.45, 7) is 0.726. The summed E-state index contributed by atoms with van der Waals surface area (Å²) >= 11 is 0. The van der Waals surface area contributed by atoms with Crippen LogP contribution in [0.25, 0.3) is 11.2 Å². The molecule has 42 heavy (non-hydrogen) atoms. The number of esters is 1. The number of nitrogens with zero attached hydrogens (tertiary/aromatic N) is 4. The van der Waals surface area contributed by atoms with Crippen molar-refractivity contribution >= 4 is 36.6 Å². The number of para-hydroxylation sites is 1. The second-order valence-corrected chi connectivity index (χ2v) is 11.7. The minimum atomic E-state index is -4.37. The zero-order chi connectivity index (χ0) is 30.1. The van der Waals surface area contributed by atoms with E-state index < -0.39 is 57.1 Å². The maximum atomic E-state index is 16.1. The average Bonchev–Trinajstić information content (AvgIpc) is 3.62. The summed E-state index contributed by atoms with van der Waals surface area (Å²) in [6.07, 6.45) is -2.28. The van der Waals surface area contributed by atoms with Crippen molar-refractivity contribution in [2.24, 2.45) is 0 Å². The quantitative estimate of drug-likeness (QED) is 0.163. The minimum absolute atomic E-state index is 0.0582. The van der Waals surface area contributed by atoms with E-state index in [9.17, 15) is 18.9 Å². The molecule has 0 amide bonds. The molecule has 1 saturated heterocycles. The largest absolute Gasteiger partial charge is 0.465 e. The van der Waals surface area contributed by atoms with E-state index in [0.717, 1.165) is 17.4 Å². The third-order valence-electron chi connectivity index (χ3n) is 6.74. The average molecular weight is 612 g/mol. The van der Waals surface area contributed by atoms with Crippen molar-refractivity contribution < 1.29 is 41.8 Å². The molecule has 1 saturated carbocycles. The van der Waals surface area contributed by atoms with Gasteiger partial charge >= 0.3 is 13.7 Å². The lowest BCUT2D eigenvalue weighted by molar-refractivity contribution is -0.144. The second-order valence-electron chi connectivity index (χ2n) is 10.0. The number of nitrogens with one attached hydrogen (secondary N) is 2. The van der Waals surface area contributed by atoms with Crippen LogP contribution in [-0.4, -0.2) is 80.4 Å². The zero-order valence-corrected chi connectivity index (χ0v) is 23.7. The Morgan fingerprint density at radius 1 is 1.33 bits per heavy atom. The number of hydrogen-bond donors (Lipinski definition) is 4. The first-order chi connectivity index (χ1) is 20.1. The van der Waals surface area contributed by atoms with Crippen LogP contribution in [0.2, 0.25) is 0 Å². The van der Waals surface area contributed by atoms with Crippen LogP contribution in [-0.2, 0) is 23.4 Å². The summed E-state index contributed by atoms with van der Waals surface area (Å²) in [6, 6.07) is 7.02. The van der Waals surface area contributed by atoms with Gasteiger partial charge in [0.1, 0.15) is 30.7 Å². The second kappa shape index (κ2) is 12.1. The van der Waals surface area contributed by atoms with Crippen LogP contribution >= 0.6 is 7.75 Å². The van der Waals surface area contributed by atoms with Gasteiger partial charge in [0.05, 0.1) is 19.5 Å². The molecule has 1 aromatic carbocycles. The lowest BCUT2D eigenvalue weighted by Gasteiger charge is -2.26. The lowest BCUT2D eigenvalue weighted by atomic mass is 9.97. The Kier molecular flexibility index (Phi) is 8.62. The fourth-order valence-corrected chi connectivity index (χ4v) is 5.95. The normalized spacial score (nSPS) is 26.1. The first-order valence-corrected chi connectivity index (χ1v) is 14.9. The smallest absolute Gasteiger partial charge is 0.459 e. The molecule has 2 aliphatic rings. The van der Waals surface area contributed by atoms with Crippen LogP contribution in [0.5, 0.6) is 5.75 Å². The van der Waals surface area contributed by atoms with Gasteiger partial charge in [-0.2, -0.15) is 15.1 Å². The van der Waals surface area contributed by atoms with E-state index in [1.165, 1.54) is 25.4 Å². The number of aliphatic hydroxyl groups excluding tert-OH is 1. The van der Waals surface area contributed by atoms with Crippen molar-refractivity contribution in [1.82, 2.24) is 24.6 Å². The summed E-state index contributed by atoms with van der Waals surface area (Å²) in [5, 5.41) is 16.5. The Morgan fingerprint density at radius 2 is 2.07 bits per heavy atom. The number of alkyl halides is 2. The molecule has 1 aliphatic carbocycles. The molecule has 228 valence electrons. The molecule has 0 radical (unpaired) electrons. The van der Waals surface area contributed by atoms with E-state index >= 15 is 4.39 Å². The highest BCUT2D eigenvalue weighted by Gasteiger charge is 2.59. The van der Waals surface area contributed by atoms with E-state index in [1.807, 2.05) is 0 Å². The number of carbonyl (C=O) groups excluding carboxylic acids is 1. The monoisotopic (exact) mass is 611 g/mol. The van der Waals surface area contributed by atoms with Crippen LogP contribution < -0.4 is 20.7 Å². The van der Waals surface area contributed by atoms with Gasteiger partial charge in [-0.15, -0.1) is 0 Å². The Morgan fingerprint density at radius 3 is 2.74 bits per heavy atom. The van der Waals surface area contributed by atoms with E-state index in [-0.39, 0.29) is 35.5 Å². The van der Waals surface area contributed by atoms with E-state index in [2.05, 4.69) is 25.4 Å². The van der Waals surface area contributed by atoms with Gasteiger partial charge in [-0.1, -0.05) is 18.2 Å². The Balaban J connectivity index is 1.39. The lowest BCUT2D eigenvalue weighted by Crippen LogP contribution is -2.45. The highest BCUT2D eigenvalue weighted by molar-refractivity contribution is 7.52. The van der Waals surface area contributed by atoms with Gasteiger partial charge in [-0.3, -0.25) is 13.9 Å². The highest BCUT2D eigenvalue weighted by atomic mass is 31.2. The van der Waals surface area contributed by atoms with Crippen LogP contribution in [0, 0.1) is 0 Å². The molecule has 0 spiro atoms. The van der Waals surface area contributed by atoms with E-state index in [1.54, 1.807) is 25.1 Å². The third kappa shape index (κ3) is 6.17. The molecule has 14 nitrogen and oxygen atoms in total. The number of nitrogens with two attached hydrogens (primary N) is 1. The van der Waals surface area contributed by atoms with Crippen LogP contribution in [0.1, 0.15) is 32.9 Å². The van der Waals surface area contributed by atoms with Gasteiger partial charge in [-0.25, -0.2) is 18.3 Å². The van der Waals surface area contributed by atoms with Crippen molar-refractivity contribution in [1.29, 1.82) is 0 Å². The fourth-order valence-electron chi connectivity index (χ4n) is 4.45. The van der Waals surface area contributed by atoms with Gasteiger partial charge in [0.2, 0.25) is 11.6 Å². The molecule has 1 aliphatic heterocycles.